The number of nitrogens with zero attached hydrogens (tertiary/aromatic N) is 3. The van der Waals surface area contributed by atoms with Gasteiger partial charge in [-0.05, 0) is 18.9 Å². The second kappa shape index (κ2) is 6.81. The van der Waals surface area contributed by atoms with E-state index in [0.717, 1.165) is 17.9 Å². The van der Waals surface area contributed by atoms with Crippen molar-refractivity contribution in [3.8, 4) is 0 Å². The van der Waals surface area contributed by atoms with E-state index in [1.54, 1.807) is 6.33 Å². The van der Waals surface area contributed by atoms with Crippen LogP contribution >= 0.6 is 0 Å². The molecule has 0 fully saturated rings. The monoisotopic (exact) mass is 273 g/mol. The van der Waals surface area contributed by atoms with Crippen LogP contribution in [0, 0.1) is 0 Å². The molecule has 0 saturated heterocycles. The summed E-state index contributed by atoms with van der Waals surface area (Å²) in [6.07, 6.45) is 2.17. The quantitative estimate of drug-likeness (QED) is 0.801. The van der Waals surface area contributed by atoms with Crippen LogP contribution in [0.3, 0.4) is 0 Å². The normalized spacial score (nSPS) is 12.1. The average Bonchev–Trinajstić information content (AvgIpc) is 2.93. The lowest BCUT2D eigenvalue weighted by Gasteiger charge is -2.12. The van der Waals surface area contributed by atoms with E-state index in [1.807, 2.05) is 41.8 Å². The van der Waals surface area contributed by atoms with Gasteiger partial charge in [0, 0.05) is 6.54 Å². The zero-order chi connectivity index (χ0) is 14.4. The molecule has 0 radical (unpaired) electrons. The Morgan fingerprint density at radius 2 is 2.15 bits per heavy atom. The van der Waals surface area contributed by atoms with E-state index in [1.165, 1.54) is 0 Å². The molecule has 0 spiro atoms. The minimum Gasteiger partial charge on any atom is -0.347 e. The Morgan fingerprint density at radius 1 is 1.40 bits per heavy atom. The van der Waals surface area contributed by atoms with Gasteiger partial charge in [0.25, 0.3) is 0 Å². The molecular formula is C14H19N5O. The van der Waals surface area contributed by atoms with Crippen molar-refractivity contribution in [3.63, 3.8) is 0 Å². The van der Waals surface area contributed by atoms with Crippen LogP contribution in [0.15, 0.2) is 36.7 Å². The molecule has 0 aliphatic rings. The first-order chi connectivity index (χ1) is 9.70. The van der Waals surface area contributed by atoms with Gasteiger partial charge in [-0.25, -0.2) is 0 Å². The number of nitrogens with two attached hydrogens (primary N) is 1. The van der Waals surface area contributed by atoms with Crippen molar-refractivity contribution in [1.29, 1.82) is 0 Å². The summed E-state index contributed by atoms with van der Waals surface area (Å²) in [5.74, 6) is 0.548. The third kappa shape index (κ3) is 3.64. The van der Waals surface area contributed by atoms with Gasteiger partial charge in [-0.1, -0.05) is 30.3 Å². The molecule has 0 bridgehead atoms. The molecule has 1 amide bonds. The number of carbonyl (C=O) groups is 1. The zero-order valence-electron chi connectivity index (χ0n) is 11.5. The molecule has 6 heteroatoms. The summed E-state index contributed by atoms with van der Waals surface area (Å²) in [7, 11) is 0. The second-order valence-electron chi connectivity index (χ2n) is 4.55. The summed E-state index contributed by atoms with van der Waals surface area (Å²) in [4.78, 5) is 11.9. The van der Waals surface area contributed by atoms with Crippen LogP contribution < -0.4 is 11.1 Å². The second-order valence-corrected chi connectivity index (χ2v) is 4.55. The summed E-state index contributed by atoms with van der Waals surface area (Å²) < 4.78 is 1.88. The number of hydrogen-bond acceptors (Lipinski definition) is 4. The Kier molecular flexibility index (Phi) is 4.84. The summed E-state index contributed by atoms with van der Waals surface area (Å²) in [5, 5.41) is 10.6. The van der Waals surface area contributed by atoms with Crippen LogP contribution in [0.5, 0.6) is 0 Å². The standard InChI is InChI=1S/C14H19N5O/c1-2-19-10-17-18-13(19)9-16-14(20)12(15)8-11-6-4-3-5-7-11/h3-7,10,12H,2,8-9,15H2,1H3,(H,16,20). The highest BCUT2D eigenvalue weighted by Crippen LogP contribution is 2.02. The van der Waals surface area contributed by atoms with Crippen LogP contribution in [0.25, 0.3) is 0 Å². The lowest BCUT2D eigenvalue weighted by atomic mass is 10.1. The average molecular weight is 273 g/mol. The Balaban J connectivity index is 1.85. The molecule has 1 atom stereocenters. The van der Waals surface area contributed by atoms with E-state index in [2.05, 4.69) is 15.5 Å². The number of nitrogens with one attached hydrogen (secondary N) is 1. The van der Waals surface area contributed by atoms with Gasteiger partial charge in [-0.3, -0.25) is 4.79 Å². The maximum atomic E-state index is 11.9. The zero-order valence-corrected chi connectivity index (χ0v) is 11.5. The summed E-state index contributed by atoms with van der Waals surface area (Å²) in [6.45, 7) is 3.11. The Morgan fingerprint density at radius 3 is 2.85 bits per heavy atom. The lowest BCUT2D eigenvalue weighted by molar-refractivity contribution is -0.122. The van der Waals surface area contributed by atoms with Gasteiger partial charge in [0.15, 0.2) is 5.82 Å². The molecule has 2 rings (SSSR count). The fourth-order valence-electron chi connectivity index (χ4n) is 1.94. The van der Waals surface area contributed by atoms with Gasteiger partial charge < -0.3 is 15.6 Å². The maximum Gasteiger partial charge on any atom is 0.237 e. The van der Waals surface area contributed by atoms with Gasteiger partial charge in [-0.15, -0.1) is 10.2 Å². The van der Waals surface area contributed by atoms with Crippen molar-refractivity contribution in [1.82, 2.24) is 20.1 Å². The van der Waals surface area contributed by atoms with Crippen LogP contribution in [0.2, 0.25) is 0 Å². The predicted octanol–water partition coefficient (Wildman–Crippen LogP) is 0.484. The van der Waals surface area contributed by atoms with Crippen molar-refractivity contribution in [2.45, 2.75) is 32.5 Å². The SMILES string of the molecule is CCn1cnnc1CNC(=O)C(N)Cc1ccccc1. The lowest BCUT2D eigenvalue weighted by Crippen LogP contribution is -2.42. The first kappa shape index (κ1) is 14.2. The minimum absolute atomic E-state index is 0.181. The van der Waals surface area contributed by atoms with Crippen LogP contribution in [0.4, 0.5) is 0 Å². The minimum atomic E-state index is -0.560. The molecule has 1 heterocycles. The molecule has 0 aliphatic heterocycles. The van der Waals surface area contributed by atoms with Crippen LogP contribution in [0.1, 0.15) is 18.3 Å². The fraction of sp³-hybridized carbons (Fsp3) is 0.357. The number of aromatic nitrogens is 3. The maximum absolute atomic E-state index is 11.9. The third-order valence-electron chi connectivity index (χ3n) is 3.09. The summed E-state index contributed by atoms with van der Waals surface area (Å²) >= 11 is 0. The molecule has 2 aromatic rings. The van der Waals surface area contributed by atoms with E-state index < -0.39 is 6.04 Å². The van der Waals surface area contributed by atoms with Crippen molar-refractivity contribution in [2.24, 2.45) is 5.73 Å². The molecule has 0 aliphatic carbocycles. The number of hydrogen-bond donors (Lipinski definition) is 2. The first-order valence-electron chi connectivity index (χ1n) is 6.64. The van der Waals surface area contributed by atoms with E-state index >= 15 is 0 Å². The molecule has 106 valence electrons. The highest BCUT2D eigenvalue weighted by Gasteiger charge is 2.14. The van der Waals surface area contributed by atoms with Gasteiger partial charge in [-0.2, -0.15) is 0 Å². The van der Waals surface area contributed by atoms with Crippen LogP contribution in [-0.4, -0.2) is 26.7 Å². The number of amides is 1. The number of aryl methyl sites for hydroxylation is 1. The molecule has 0 saturated carbocycles. The highest BCUT2D eigenvalue weighted by atomic mass is 16.2. The van der Waals surface area contributed by atoms with E-state index in [0.29, 0.717) is 13.0 Å². The molecule has 3 N–H and O–H groups in total. The Labute approximate surface area is 118 Å². The summed E-state index contributed by atoms with van der Waals surface area (Å²) in [5.41, 5.74) is 6.95. The molecule has 1 aromatic heterocycles. The number of rotatable bonds is 6. The van der Waals surface area contributed by atoms with Gasteiger partial charge >= 0.3 is 0 Å². The van der Waals surface area contributed by atoms with Gasteiger partial charge in [0.1, 0.15) is 6.33 Å². The first-order valence-corrected chi connectivity index (χ1v) is 6.64. The topological polar surface area (TPSA) is 85.8 Å². The molecular weight excluding hydrogens is 254 g/mol. The van der Waals surface area contributed by atoms with E-state index in [4.69, 9.17) is 5.73 Å². The molecule has 1 unspecified atom stereocenters. The van der Waals surface area contributed by atoms with Crippen molar-refractivity contribution in [2.75, 3.05) is 0 Å². The van der Waals surface area contributed by atoms with Crippen molar-refractivity contribution < 1.29 is 4.79 Å². The Hall–Kier alpha value is -2.21. The summed E-state index contributed by atoms with van der Waals surface area (Å²) in [6, 6.07) is 9.16. The number of benzene rings is 1. The molecule has 20 heavy (non-hydrogen) atoms. The molecule has 6 nitrogen and oxygen atoms in total. The number of carbonyl (C=O) groups excluding carboxylic acids is 1. The van der Waals surface area contributed by atoms with Crippen LogP contribution in [-0.2, 0) is 24.3 Å². The highest BCUT2D eigenvalue weighted by molar-refractivity contribution is 5.81. The smallest absolute Gasteiger partial charge is 0.237 e. The fourth-order valence-corrected chi connectivity index (χ4v) is 1.94. The Bertz CT molecular complexity index is 552. The predicted molar refractivity (Wildman–Crippen MR) is 75.7 cm³/mol. The van der Waals surface area contributed by atoms with Gasteiger partial charge in [0.2, 0.25) is 5.91 Å². The van der Waals surface area contributed by atoms with Crippen molar-refractivity contribution >= 4 is 5.91 Å². The van der Waals surface area contributed by atoms with Gasteiger partial charge in [0.05, 0.1) is 12.6 Å². The van der Waals surface area contributed by atoms with Crippen molar-refractivity contribution in [3.05, 3.63) is 48.0 Å². The largest absolute Gasteiger partial charge is 0.347 e. The van der Waals surface area contributed by atoms with E-state index in [-0.39, 0.29) is 5.91 Å². The molecule has 1 aromatic carbocycles. The third-order valence-corrected chi connectivity index (χ3v) is 3.09. The van der Waals surface area contributed by atoms with E-state index in [9.17, 15) is 4.79 Å².